The maximum atomic E-state index is 5.83. The molecule has 0 amide bonds. The lowest BCUT2D eigenvalue weighted by Gasteiger charge is -2.26. The Kier molecular flexibility index (Phi) is 2.92. The van der Waals surface area contributed by atoms with Crippen LogP contribution in [0.2, 0.25) is 5.02 Å². The lowest BCUT2D eigenvalue weighted by molar-refractivity contribution is 0.440. The smallest absolute Gasteiger partial charge is 0.225 e. The van der Waals surface area contributed by atoms with Crippen molar-refractivity contribution in [1.29, 1.82) is 0 Å². The third-order valence-electron chi connectivity index (χ3n) is 4.00. The molecule has 92 valence electrons. The number of fused-ring (bicyclic) bond motifs is 1. The average molecular weight is 253 g/mol. The largest absolute Gasteiger partial charge is 0.337 e. The van der Waals surface area contributed by atoms with Crippen LogP contribution in [0.1, 0.15) is 13.3 Å². The van der Waals surface area contributed by atoms with E-state index in [4.69, 9.17) is 11.6 Å². The van der Waals surface area contributed by atoms with Crippen molar-refractivity contribution in [3.05, 3.63) is 17.4 Å². The van der Waals surface area contributed by atoms with Crippen molar-refractivity contribution >= 4 is 17.5 Å². The second kappa shape index (κ2) is 4.42. The van der Waals surface area contributed by atoms with E-state index in [-0.39, 0.29) is 0 Å². The Hall–Kier alpha value is -0.870. The van der Waals surface area contributed by atoms with Gasteiger partial charge in [0, 0.05) is 25.7 Å². The van der Waals surface area contributed by atoms with Gasteiger partial charge in [-0.2, -0.15) is 0 Å². The molecule has 3 unspecified atom stereocenters. The van der Waals surface area contributed by atoms with Crippen LogP contribution < -0.4 is 10.2 Å². The highest BCUT2D eigenvalue weighted by atomic mass is 35.5. The van der Waals surface area contributed by atoms with Gasteiger partial charge in [-0.15, -0.1) is 0 Å². The molecule has 1 aromatic heterocycles. The molecule has 0 bridgehead atoms. The molecule has 3 rings (SSSR count). The van der Waals surface area contributed by atoms with Gasteiger partial charge in [-0.3, -0.25) is 0 Å². The number of anilines is 1. The van der Waals surface area contributed by atoms with Crippen LogP contribution in [0, 0.1) is 11.8 Å². The number of nitrogens with one attached hydrogen (secondary N) is 1. The lowest BCUT2D eigenvalue weighted by atomic mass is 9.93. The molecule has 0 aliphatic carbocycles. The first-order valence-electron chi connectivity index (χ1n) is 6.24. The van der Waals surface area contributed by atoms with Crippen LogP contribution in [0.4, 0.5) is 5.95 Å². The first-order chi connectivity index (χ1) is 8.29. The highest BCUT2D eigenvalue weighted by Crippen LogP contribution is 2.35. The molecule has 0 radical (unpaired) electrons. The van der Waals surface area contributed by atoms with Crippen LogP contribution in [-0.4, -0.2) is 35.6 Å². The molecule has 4 nitrogen and oxygen atoms in total. The molecule has 1 aromatic rings. The summed E-state index contributed by atoms with van der Waals surface area (Å²) in [6.45, 7) is 5.57. The number of hydrogen-bond donors (Lipinski definition) is 1. The van der Waals surface area contributed by atoms with E-state index < -0.39 is 0 Å². The summed E-state index contributed by atoms with van der Waals surface area (Å²) in [6, 6.07) is 0.566. The van der Waals surface area contributed by atoms with E-state index in [1.165, 1.54) is 0 Å². The summed E-state index contributed by atoms with van der Waals surface area (Å²) in [7, 11) is 0. The first-order valence-corrected chi connectivity index (χ1v) is 6.62. The Morgan fingerprint density at radius 3 is 2.88 bits per heavy atom. The molecule has 0 saturated carbocycles. The van der Waals surface area contributed by atoms with Gasteiger partial charge < -0.3 is 10.2 Å². The van der Waals surface area contributed by atoms with Gasteiger partial charge in [0.2, 0.25) is 5.95 Å². The van der Waals surface area contributed by atoms with Crippen molar-refractivity contribution in [2.45, 2.75) is 19.4 Å². The predicted octanol–water partition coefficient (Wildman–Crippen LogP) is 1.56. The van der Waals surface area contributed by atoms with E-state index in [2.05, 4.69) is 27.1 Å². The number of hydrogen-bond acceptors (Lipinski definition) is 4. The Balaban J connectivity index is 1.85. The van der Waals surface area contributed by atoms with Gasteiger partial charge >= 0.3 is 0 Å². The van der Waals surface area contributed by atoms with Gasteiger partial charge in [0.1, 0.15) is 0 Å². The maximum Gasteiger partial charge on any atom is 0.225 e. The minimum atomic E-state index is 0.566. The number of halogens is 1. The van der Waals surface area contributed by atoms with Crippen LogP contribution in [0.15, 0.2) is 12.4 Å². The number of nitrogens with zero attached hydrogens (tertiary/aromatic N) is 3. The lowest BCUT2D eigenvalue weighted by Crippen LogP contribution is -2.36. The van der Waals surface area contributed by atoms with Gasteiger partial charge in [0.05, 0.1) is 17.4 Å². The number of aromatic nitrogens is 2. The monoisotopic (exact) mass is 252 g/mol. The molecule has 3 atom stereocenters. The Bertz CT molecular complexity index is 394. The van der Waals surface area contributed by atoms with E-state index in [0.717, 1.165) is 43.8 Å². The Labute approximate surface area is 106 Å². The summed E-state index contributed by atoms with van der Waals surface area (Å²) in [6.07, 6.45) is 4.51. The summed E-state index contributed by atoms with van der Waals surface area (Å²) in [5.41, 5.74) is 0. The van der Waals surface area contributed by atoms with Gasteiger partial charge in [0.15, 0.2) is 0 Å². The highest BCUT2D eigenvalue weighted by Gasteiger charge is 2.44. The van der Waals surface area contributed by atoms with Crippen molar-refractivity contribution in [3.63, 3.8) is 0 Å². The second-order valence-corrected chi connectivity index (χ2v) is 5.35. The molecule has 3 heterocycles. The Morgan fingerprint density at radius 2 is 2.18 bits per heavy atom. The molecular weight excluding hydrogens is 236 g/mol. The van der Waals surface area contributed by atoms with E-state index >= 15 is 0 Å². The first kappa shape index (κ1) is 11.2. The van der Waals surface area contributed by atoms with Crippen LogP contribution in [0.5, 0.6) is 0 Å². The second-order valence-electron chi connectivity index (χ2n) is 4.91. The Morgan fingerprint density at radius 1 is 1.41 bits per heavy atom. The van der Waals surface area contributed by atoms with Gasteiger partial charge in [-0.1, -0.05) is 18.5 Å². The summed E-state index contributed by atoms with van der Waals surface area (Å²) in [4.78, 5) is 11.1. The fraction of sp³-hybridized carbons (Fsp3) is 0.667. The van der Waals surface area contributed by atoms with Gasteiger partial charge in [-0.05, 0) is 18.3 Å². The quantitative estimate of drug-likeness (QED) is 0.868. The zero-order chi connectivity index (χ0) is 11.8. The van der Waals surface area contributed by atoms with Crippen LogP contribution in [-0.2, 0) is 0 Å². The fourth-order valence-corrected chi connectivity index (χ4v) is 3.33. The topological polar surface area (TPSA) is 41.0 Å². The molecule has 17 heavy (non-hydrogen) atoms. The average Bonchev–Trinajstić information content (AvgIpc) is 2.89. The number of rotatable bonds is 2. The summed E-state index contributed by atoms with van der Waals surface area (Å²) in [5.74, 6) is 2.33. The van der Waals surface area contributed by atoms with Crippen molar-refractivity contribution in [2.75, 3.05) is 24.5 Å². The molecular formula is C12H17ClN4. The SMILES string of the molecule is CCC1C2CNCC2CN1c1ncc(Cl)cn1. The van der Waals surface area contributed by atoms with E-state index in [0.29, 0.717) is 11.1 Å². The van der Waals surface area contributed by atoms with Crippen molar-refractivity contribution < 1.29 is 0 Å². The summed E-state index contributed by atoms with van der Waals surface area (Å²) >= 11 is 5.83. The minimum Gasteiger partial charge on any atom is -0.337 e. The molecule has 0 aromatic carbocycles. The highest BCUT2D eigenvalue weighted by molar-refractivity contribution is 6.30. The zero-order valence-corrected chi connectivity index (χ0v) is 10.7. The standard InChI is InChI=1S/C12H17ClN4/c1-2-11-10-6-14-3-8(10)7-17(11)12-15-4-9(13)5-16-12/h4-5,8,10-11,14H,2-3,6-7H2,1H3. The summed E-state index contributed by atoms with van der Waals surface area (Å²) in [5, 5.41) is 4.08. The third kappa shape index (κ3) is 1.89. The molecule has 2 aliphatic rings. The van der Waals surface area contributed by atoms with Crippen molar-refractivity contribution in [1.82, 2.24) is 15.3 Å². The molecule has 1 N–H and O–H groups in total. The van der Waals surface area contributed by atoms with Crippen molar-refractivity contribution in [2.24, 2.45) is 11.8 Å². The molecule has 2 fully saturated rings. The van der Waals surface area contributed by atoms with Crippen molar-refractivity contribution in [3.8, 4) is 0 Å². The normalized spacial score (nSPS) is 31.9. The maximum absolute atomic E-state index is 5.83. The van der Waals surface area contributed by atoms with E-state index in [1.807, 2.05) is 0 Å². The van der Waals surface area contributed by atoms with Crippen LogP contribution in [0.3, 0.4) is 0 Å². The minimum absolute atomic E-state index is 0.566. The van der Waals surface area contributed by atoms with Gasteiger partial charge in [0.25, 0.3) is 0 Å². The fourth-order valence-electron chi connectivity index (χ4n) is 3.23. The van der Waals surface area contributed by atoms with E-state index in [1.54, 1.807) is 12.4 Å². The van der Waals surface area contributed by atoms with E-state index in [9.17, 15) is 0 Å². The summed E-state index contributed by atoms with van der Waals surface area (Å²) < 4.78 is 0. The van der Waals surface area contributed by atoms with Crippen LogP contribution in [0.25, 0.3) is 0 Å². The third-order valence-corrected chi connectivity index (χ3v) is 4.19. The predicted molar refractivity (Wildman–Crippen MR) is 68.3 cm³/mol. The molecule has 2 saturated heterocycles. The van der Waals surface area contributed by atoms with Crippen LogP contribution >= 0.6 is 11.6 Å². The zero-order valence-electron chi connectivity index (χ0n) is 9.93. The van der Waals surface area contributed by atoms with Gasteiger partial charge in [-0.25, -0.2) is 9.97 Å². The molecule has 0 spiro atoms. The molecule has 5 heteroatoms. The molecule has 2 aliphatic heterocycles.